The van der Waals surface area contributed by atoms with Gasteiger partial charge >= 0.3 is 0 Å². The fraction of sp³-hybridized carbons (Fsp3) is 0.250. The molecule has 2 aliphatic rings. The van der Waals surface area contributed by atoms with E-state index in [4.69, 9.17) is 0 Å². The highest BCUT2D eigenvalue weighted by Gasteiger charge is 2.25. The van der Waals surface area contributed by atoms with E-state index in [1.54, 1.807) is 6.07 Å². The largest absolute Gasteiger partial charge is 0.306 e. The van der Waals surface area contributed by atoms with Crippen LogP contribution in [0.3, 0.4) is 0 Å². The maximum Gasteiger partial charge on any atom is 0.259 e. The first kappa shape index (κ1) is 18.0. The molecule has 2 aromatic carbocycles. The zero-order valence-corrected chi connectivity index (χ0v) is 16.1. The van der Waals surface area contributed by atoms with Crippen molar-refractivity contribution in [3.8, 4) is 0 Å². The van der Waals surface area contributed by atoms with E-state index in [0.29, 0.717) is 17.3 Å². The van der Waals surface area contributed by atoms with Crippen molar-refractivity contribution in [1.82, 2.24) is 14.9 Å². The molecule has 0 radical (unpaired) electrons. The van der Waals surface area contributed by atoms with Crippen LogP contribution >= 0.6 is 0 Å². The summed E-state index contributed by atoms with van der Waals surface area (Å²) in [6, 6.07) is 14.5. The molecule has 1 aliphatic carbocycles. The second kappa shape index (κ2) is 7.41. The molecule has 5 heteroatoms. The Hall–Kier alpha value is -3.05. The van der Waals surface area contributed by atoms with Gasteiger partial charge in [0.15, 0.2) is 0 Å². The highest BCUT2D eigenvalue weighted by molar-refractivity contribution is 5.79. The van der Waals surface area contributed by atoms with Gasteiger partial charge in [-0.3, -0.25) is 9.69 Å². The second-order valence-electron chi connectivity index (χ2n) is 7.71. The van der Waals surface area contributed by atoms with E-state index in [1.807, 2.05) is 30.3 Å². The molecule has 0 amide bonds. The number of fused-ring (bicyclic) bond motifs is 1. The molecular weight excluding hydrogens is 365 g/mol. The molecule has 0 fully saturated rings. The van der Waals surface area contributed by atoms with Gasteiger partial charge in [0.05, 0.1) is 10.9 Å². The van der Waals surface area contributed by atoms with Crippen molar-refractivity contribution in [2.24, 2.45) is 0 Å². The summed E-state index contributed by atoms with van der Waals surface area (Å²) >= 11 is 0. The van der Waals surface area contributed by atoms with Gasteiger partial charge in [-0.25, -0.2) is 9.37 Å². The van der Waals surface area contributed by atoms with Crippen molar-refractivity contribution in [3.63, 3.8) is 0 Å². The average Bonchev–Trinajstić information content (AvgIpc) is 3.25. The smallest absolute Gasteiger partial charge is 0.259 e. The molecule has 1 N–H and O–H groups in total. The minimum atomic E-state index is -0.198. The Morgan fingerprint density at radius 1 is 1.03 bits per heavy atom. The standard InChI is InChI=1S/C24H22FN3O/c25-19-8-5-16(6-9-19)17-11-13-28(14-12-17)20-10-7-18(15-20)23-26-22-4-2-1-3-21(22)24(29)27-23/h1-6,8-9,11,15,20H,7,10,12-14H2,(H,26,27,29). The Morgan fingerprint density at radius 3 is 2.66 bits per heavy atom. The first-order valence-corrected chi connectivity index (χ1v) is 10.1. The van der Waals surface area contributed by atoms with Gasteiger partial charge in [-0.1, -0.05) is 36.4 Å². The molecule has 5 rings (SSSR count). The number of aromatic amines is 1. The summed E-state index contributed by atoms with van der Waals surface area (Å²) in [5.74, 6) is 0.492. The Morgan fingerprint density at radius 2 is 1.86 bits per heavy atom. The molecule has 146 valence electrons. The fourth-order valence-corrected chi connectivity index (χ4v) is 4.34. The number of hydrogen-bond donors (Lipinski definition) is 1. The monoisotopic (exact) mass is 387 g/mol. The zero-order valence-electron chi connectivity index (χ0n) is 16.1. The molecular formula is C24H22FN3O. The van der Waals surface area contributed by atoms with Gasteiger partial charge in [-0.15, -0.1) is 0 Å². The normalized spacial score (nSPS) is 20.0. The molecule has 0 spiro atoms. The second-order valence-corrected chi connectivity index (χ2v) is 7.71. The lowest BCUT2D eigenvalue weighted by atomic mass is 9.98. The first-order chi connectivity index (χ1) is 14.2. The number of nitrogens with one attached hydrogen (secondary N) is 1. The van der Waals surface area contributed by atoms with Crippen LogP contribution in [0.1, 0.15) is 30.7 Å². The zero-order chi connectivity index (χ0) is 19.8. The maximum absolute atomic E-state index is 13.1. The molecule has 3 aromatic rings. The minimum absolute atomic E-state index is 0.0835. The molecule has 1 unspecified atom stereocenters. The lowest BCUT2D eigenvalue weighted by Gasteiger charge is -2.30. The summed E-state index contributed by atoms with van der Waals surface area (Å²) in [7, 11) is 0. The van der Waals surface area contributed by atoms with Crippen molar-refractivity contribution in [3.05, 3.63) is 88.2 Å². The summed E-state index contributed by atoms with van der Waals surface area (Å²) in [4.78, 5) is 22.4. The Bertz CT molecular complexity index is 1180. The van der Waals surface area contributed by atoms with Gasteiger partial charge in [-0.05, 0) is 60.2 Å². The van der Waals surface area contributed by atoms with Crippen LogP contribution in [0.5, 0.6) is 0 Å². The Labute approximate surface area is 168 Å². The maximum atomic E-state index is 13.1. The summed E-state index contributed by atoms with van der Waals surface area (Å²) < 4.78 is 13.1. The van der Waals surface area contributed by atoms with Crippen molar-refractivity contribution < 1.29 is 4.39 Å². The van der Waals surface area contributed by atoms with Gasteiger partial charge in [0.25, 0.3) is 5.56 Å². The Balaban J connectivity index is 1.34. The van der Waals surface area contributed by atoms with E-state index in [2.05, 4.69) is 27.0 Å². The molecule has 4 nitrogen and oxygen atoms in total. The highest BCUT2D eigenvalue weighted by atomic mass is 19.1. The lowest BCUT2D eigenvalue weighted by molar-refractivity contribution is 0.250. The lowest BCUT2D eigenvalue weighted by Crippen LogP contribution is -2.36. The molecule has 0 saturated heterocycles. The van der Waals surface area contributed by atoms with Crippen molar-refractivity contribution >= 4 is 22.0 Å². The van der Waals surface area contributed by atoms with Crippen LogP contribution in [0.4, 0.5) is 4.39 Å². The Kier molecular flexibility index (Phi) is 4.60. The number of benzene rings is 2. The van der Waals surface area contributed by atoms with E-state index in [1.165, 1.54) is 17.7 Å². The summed E-state index contributed by atoms with van der Waals surface area (Å²) in [5, 5.41) is 0.626. The van der Waals surface area contributed by atoms with Crippen LogP contribution in [0, 0.1) is 5.82 Å². The summed E-state index contributed by atoms with van der Waals surface area (Å²) in [6.07, 6.45) is 7.40. The third kappa shape index (κ3) is 3.54. The molecule has 2 heterocycles. The number of allylic oxidation sites excluding steroid dienone is 1. The van der Waals surface area contributed by atoms with Crippen LogP contribution in [0.25, 0.3) is 22.0 Å². The number of para-hydroxylation sites is 1. The molecule has 1 aliphatic heterocycles. The van der Waals surface area contributed by atoms with Gasteiger partial charge in [0.2, 0.25) is 0 Å². The molecule has 1 atom stereocenters. The van der Waals surface area contributed by atoms with Crippen LogP contribution < -0.4 is 5.56 Å². The van der Waals surface area contributed by atoms with Crippen LogP contribution in [0.15, 0.2) is 65.5 Å². The predicted octanol–water partition coefficient (Wildman–Crippen LogP) is 4.40. The quantitative estimate of drug-likeness (QED) is 0.725. The van der Waals surface area contributed by atoms with Gasteiger partial charge in [0.1, 0.15) is 11.6 Å². The third-order valence-corrected chi connectivity index (χ3v) is 5.94. The topological polar surface area (TPSA) is 49.0 Å². The first-order valence-electron chi connectivity index (χ1n) is 10.1. The highest BCUT2D eigenvalue weighted by Crippen LogP contribution is 2.31. The number of rotatable bonds is 3. The van der Waals surface area contributed by atoms with E-state index >= 15 is 0 Å². The van der Waals surface area contributed by atoms with Crippen molar-refractivity contribution in [1.29, 1.82) is 0 Å². The van der Waals surface area contributed by atoms with E-state index in [9.17, 15) is 9.18 Å². The van der Waals surface area contributed by atoms with Crippen LogP contribution in [-0.4, -0.2) is 34.0 Å². The molecule has 0 bridgehead atoms. The average molecular weight is 387 g/mol. The fourth-order valence-electron chi connectivity index (χ4n) is 4.34. The van der Waals surface area contributed by atoms with Crippen LogP contribution in [-0.2, 0) is 0 Å². The molecule has 0 saturated carbocycles. The third-order valence-electron chi connectivity index (χ3n) is 5.94. The van der Waals surface area contributed by atoms with Gasteiger partial charge in [-0.2, -0.15) is 0 Å². The minimum Gasteiger partial charge on any atom is -0.306 e. The number of aromatic nitrogens is 2. The number of halogens is 1. The SMILES string of the molecule is O=c1[nH]c(C2=CC(N3CC=C(c4ccc(F)cc4)CC3)CC2)nc2ccccc12. The van der Waals surface area contributed by atoms with E-state index < -0.39 is 0 Å². The van der Waals surface area contributed by atoms with E-state index in [-0.39, 0.29) is 11.4 Å². The summed E-state index contributed by atoms with van der Waals surface area (Å²) in [5.41, 5.74) is 4.15. The van der Waals surface area contributed by atoms with Gasteiger partial charge < -0.3 is 4.98 Å². The summed E-state index contributed by atoms with van der Waals surface area (Å²) in [6.45, 7) is 1.85. The molecule has 1 aromatic heterocycles. The number of hydrogen-bond acceptors (Lipinski definition) is 3. The number of nitrogens with zero attached hydrogens (tertiary/aromatic N) is 2. The predicted molar refractivity (Wildman–Crippen MR) is 114 cm³/mol. The van der Waals surface area contributed by atoms with Crippen LogP contribution in [0.2, 0.25) is 0 Å². The van der Waals surface area contributed by atoms with Crippen molar-refractivity contribution in [2.75, 3.05) is 13.1 Å². The van der Waals surface area contributed by atoms with Crippen molar-refractivity contribution in [2.45, 2.75) is 25.3 Å². The van der Waals surface area contributed by atoms with E-state index in [0.717, 1.165) is 49.0 Å². The van der Waals surface area contributed by atoms with Gasteiger partial charge in [0, 0.05) is 19.1 Å². The molecule has 29 heavy (non-hydrogen) atoms. The number of H-pyrrole nitrogens is 1.